The molecule has 1 aromatic carbocycles. The predicted octanol–water partition coefficient (Wildman–Crippen LogP) is 2.31. The zero-order chi connectivity index (χ0) is 19.6. The van der Waals surface area contributed by atoms with Crippen LogP contribution in [0.15, 0.2) is 24.3 Å². The van der Waals surface area contributed by atoms with E-state index in [1.807, 2.05) is 20.8 Å². The number of carbonyl (C=O) groups excluding carboxylic acids is 1. The summed E-state index contributed by atoms with van der Waals surface area (Å²) >= 11 is 0. The van der Waals surface area contributed by atoms with Gasteiger partial charge in [-0.05, 0) is 37.6 Å². The third-order valence-electron chi connectivity index (χ3n) is 5.12. The summed E-state index contributed by atoms with van der Waals surface area (Å²) in [5.41, 5.74) is 5.90. The van der Waals surface area contributed by atoms with Crippen LogP contribution in [0.25, 0.3) is 0 Å². The van der Waals surface area contributed by atoms with Gasteiger partial charge in [-0.15, -0.1) is 0 Å². The summed E-state index contributed by atoms with van der Waals surface area (Å²) in [5.74, 6) is -0.199. The molecule has 146 valence electrons. The van der Waals surface area contributed by atoms with E-state index in [1.165, 1.54) is 0 Å². The predicted molar refractivity (Wildman–Crippen MR) is 104 cm³/mol. The first-order valence-corrected chi connectivity index (χ1v) is 10.5. The molecule has 0 spiro atoms. The van der Waals surface area contributed by atoms with Gasteiger partial charge in [0.15, 0.2) is 0 Å². The first-order valence-electron chi connectivity index (χ1n) is 8.88. The monoisotopic (exact) mass is 383 g/mol. The summed E-state index contributed by atoms with van der Waals surface area (Å²) in [5, 5.41) is 2.82. The van der Waals surface area contributed by atoms with E-state index < -0.39 is 21.0 Å². The van der Waals surface area contributed by atoms with Crippen LogP contribution in [0.3, 0.4) is 0 Å². The van der Waals surface area contributed by atoms with Crippen LogP contribution in [0.4, 0.5) is 11.4 Å². The molecule has 2 rings (SSSR count). The summed E-state index contributed by atoms with van der Waals surface area (Å²) in [4.78, 5) is 12.7. The van der Waals surface area contributed by atoms with E-state index in [-0.39, 0.29) is 17.8 Å². The number of amides is 1. The van der Waals surface area contributed by atoms with Gasteiger partial charge in [-0.2, -0.15) is 0 Å². The van der Waals surface area contributed by atoms with Crippen LogP contribution < -0.4 is 15.8 Å². The molecular formula is C18H29N3O4S. The van der Waals surface area contributed by atoms with Crippen molar-refractivity contribution in [1.82, 2.24) is 0 Å². The number of benzene rings is 1. The van der Waals surface area contributed by atoms with Gasteiger partial charge < -0.3 is 15.8 Å². The smallest absolute Gasteiger partial charge is 0.245 e. The van der Waals surface area contributed by atoms with E-state index in [9.17, 15) is 13.2 Å². The van der Waals surface area contributed by atoms with Crippen molar-refractivity contribution >= 4 is 27.3 Å². The van der Waals surface area contributed by atoms with Gasteiger partial charge >= 0.3 is 0 Å². The zero-order valence-corrected chi connectivity index (χ0v) is 16.7. The summed E-state index contributed by atoms with van der Waals surface area (Å²) in [6.45, 7) is 8.17. The minimum atomic E-state index is -3.34. The quantitative estimate of drug-likeness (QED) is 0.638. The van der Waals surface area contributed by atoms with Crippen molar-refractivity contribution in [1.29, 1.82) is 0 Å². The van der Waals surface area contributed by atoms with E-state index in [2.05, 4.69) is 10.0 Å². The maximum Gasteiger partial charge on any atom is 0.245 e. The molecule has 7 nitrogen and oxygen atoms in total. The highest BCUT2D eigenvalue weighted by Gasteiger charge is 2.62. The molecule has 1 saturated carbocycles. The Balaban J connectivity index is 2.02. The molecule has 26 heavy (non-hydrogen) atoms. The van der Waals surface area contributed by atoms with Crippen molar-refractivity contribution in [3.8, 4) is 0 Å². The minimum absolute atomic E-state index is 0.0430. The molecule has 1 aromatic rings. The number of nitrogens with one attached hydrogen (secondary N) is 2. The molecule has 0 saturated heterocycles. The van der Waals surface area contributed by atoms with Crippen molar-refractivity contribution in [2.75, 3.05) is 22.4 Å². The van der Waals surface area contributed by atoms with Crippen molar-refractivity contribution in [3.05, 3.63) is 24.3 Å². The maximum absolute atomic E-state index is 12.7. The topological polar surface area (TPSA) is 111 Å². The van der Waals surface area contributed by atoms with Gasteiger partial charge in [0.2, 0.25) is 15.9 Å². The molecule has 0 heterocycles. The standard InChI is InChI=1S/C18H29N3O4S/c1-5-11-26(23,24)21-14-9-7-13(8-10-14)20-16(22)18(19)12-15(25-6-2)17(18,3)4/h7-10,15,21H,5-6,11-12,19H2,1-4H3,(H,20,22). The summed E-state index contributed by atoms with van der Waals surface area (Å²) < 4.78 is 31.7. The number of ether oxygens (including phenoxy) is 1. The van der Waals surface area contributed by atoms with Gasteiger partial charge in [-0.1, -0.05) is 20.8 Å². The Hall–Kier alpha value is -1.64. The Morgan fingerprint density at radius 3 is 2.31 bits per heavy atom. The van der Waals surface area contributed by atoms with Gasteiger partial charge in [0.05, 0.1) is 11.9 Å². The fourth-order valence-electron chi connectivity index (χ4n) is 3.18. The Kier molecular flexibility index (Phi) is 5.99. The first-order chi connectivity index (χ1) is 12.1. The third kappa shape index (κ3) is 4.02. The average Bonchev–Trinajstić information content (AvgIpc) is 2.55. The molecule has 8 heteroatoms. The van der Waals surface area contributed by atoms with E-state index >= 15 is 0 Å². The van der Waals surface area contributed by atoms with Gasteiger partial charge in [0.1, 0.15) is 5.54 Å². The Bertz CT molecular complexity index is 746. The van der Waals surface area contributed by atoms with Gasteiger partial charge in [0, 0.05) is 29.8 Å². The van der Waals surface area contributed by atoms with Crippen LogP contribution >= 0.6 is 0 Å². The number of hydrogen-bond donors (Lipinski definition) is 3. The van der Waals surface area contributed by atoms with Crippen molar-refractivity contribution in [3.63, 3.8) is 0 Å². The molecule has 1 aliphatic rings. The van der Waals surface area contributed by atoms with Crippen molar-refractivity contribution in [2.24, 2.45) is 11.1 Å². The number of sulfonamides is 1. The molecule has 1 fully saturated rings. The molecule has 1 amide bonds. The second-order valence-corrected chi connectivity index (χ2v) is 9.14. The lowest BCUT2D eigenvalue weighted by molar-refractivity contribution is -0.166. The molecule has 1 aliphatic carbocycles. The van der Waals surface area contributed by atoms with Crippen LogP contribution in [-0.4, -0.2) is 38.3 Å². The third-order valence-corrected chi connectivity index (χ3v) is 6.62. The Morgan fingerprint density at radius 2 is 1.81 bits per heavy atom. The van der Waals surface area contributed by atoms with Gasteiger partial charge in [-0.3, -0.25) is 9.52 Å². The first kappa shape index (κ1) is 20.7. The Morgan fingerprint density at radius 1 is 1.23 bits per heavy atom. The SMILES string of the molecule is CCCS(=O)(=O)Nc1ccc(NC(=O)C2(N)CC(OCC)C2(C)C)cc1. The molecule has 0 bridgehead atoms. The molecule has 2 atom stereocenters. The van der Waals surface area contributed by atoms with Crippen molar-refractivity contribution < 1.29 is 17.9 Å². The van der Waals surface area contributed by atoms with Crippen LogP contribution in [0.2, 0.25) is 0 Å². The zero-order valence-electron chi connectivity index (χ0n) is 15.8. The fourth-order valence-corrected chi connectivity index (χ4v) is 4.32. The lowest BCUT2D eigenvalue weighted by atomic mass is 9.54. The largest absolute Gasteiger partial charge is 0.378 e. The Labute approximate surface area is 155 Å². The summed E-state index contributed by atoms with van der Waals surface area (Å²) in [6.07, 6.45) is 0.966. The summed E-state index contributed by atoms with van der Waals surface area (Å²) in [6, 6.07) is 6.52. The van der Waals surface area contributed by atoms with Crippen molar-refractivity contribution in [2.45, 2.75) is 52.2 Å². The van der Waals surface area contributed by atoms with E-state index in [1.54, 1.807) is 31.2 Å². The normalized spacial score (nSPS) is 24.6. The number of anilines is 2. The molecule has 4 N–H and O–H groups in total. The molecule has 0 aliphatic heterocycles. The maximum atomic E-state index is 12.7. The highest BCUT2D eigenvalue weighted by atomic mass is 32.2. The molecular weight excluding hydrogens is 354 g/mol. The number of nitrogens with two attached hydrogens (primary N) is 1. The van der Waals surface area contributed by atoms with Gasteiger partial charge in [-0.25, -0.2) is 8.42 Å². The van der Waals surface area contributed by atoms with E-state index in [0.29, 0.717) is 30.8 Å². The van der Waals surface area contributed by atoms with E-state index in [4.69, 9.17) is 10.5 Å². The van der Waals surface area contributed by atoms with Crippen LogP contribution in [0.5, 0.6) is 0 Å². The van der Waals surface area contributed by atoms with E-state index in [0.717, 1.165) is 0 Å². The molecule has 0 radical (unpaired) electrons. The fraction of sp³-hybridized carbons (Fsp3) is 0.611. The highest BCUT2D eigenvalue weighted by Crippen LogP contribution is 2.50. The van der Waals surface area contributed by atoms with Crippen LogP contribution in [-0.2, 0) is 19.6 Å². The van der Waals surface area contributed by atoms with Crippen LogP contribution in [0.1, 0.15) is 40.5 Å². The lowest BCUT2D eigenvalue weighted by Gasteiger charge is -2.57. The molecule has 2 unspecified atom stereocenters. The lowest BCUT2D eigenvalue weighted by Crippen LogP contribution is -2.74. The number of carbonyl (C=O) groups is 1. The second kappa shape index (κ2) is 7.54. The second-order valence-electron chi connectivity index (χ2n) is 7.29. The average molecular weight is 384 g/mol. The molecule has 0 aromatic heterocycles. The number of rotatable bonds is 8. The van der Waals surface area contributed by atoms with Crippen LogP contribution in [0, 0.1) is 5.41 Å². The minimum Gasteiger partial charge on any atom is -0.378 e. The number of hydrogen-bond acceptors (Lipinski definition) is 5. The highest BCUT2D eigenvalue weighted by molar-refractivity contribution is 7.92. The summed E-state index contributed by atoms with van der Waals surface area (Å²) in [7, 11) is -3.34. The van der Waals surface area contributed by atoms with Gasteiger partial charge in [0.25, 0.3) is 0 Å².